The molecule has 2 aromatic rings. The number of ketones is 1. The normalized spacial score (nSPS) is 10.5. The molecule has 0 radical (unpaired) electrons. The maximum Gasteiger partial charge on any atom is 0.197 e. The van der Waals surface area contributed by atoms with Crippen molar-refractivity contribution in [3.8, 4) is 0 Å². The minimum absolute atomic E-state index is 0.254. The zero-order chi connectivity index (χ0) is 12.6. The van der Waals surface area contributed by atoms with Gasteiger partial charge < -0.3 is 11.5 Å². The molecular formula is C11H8Cl2N2OS. The van der Waals surface area contributed by atoms with E-state index in [9.17, 15) is 4.79 Å². The number of carbonyl (C=O) groups is 1. The standard InChI is InChI=1S/C11H8Cl2N2OS/c12-9-4-7(11(13)17-9)10(16)6-2-1-5(14)3-8(6)15/h1-4H,14-15H2. The van der Waals surface area contributed by atoms with Gasteiger partial charge in [0.15, 0.2) is 5.78 Å². The van der Waals surface area contributed by atoms with E-state index in [-0.39, 0.29) is 5.78 Å². The number of thiophene rings is 1. The average molecular weight is 287 g/mol. The van der Waals surface area contributed by atoms with Gasteiger partial charge in [0.25, 0.3) is 0 Å². The second-order valence-electron chi connectivity index (χ2n) is 3.41. The van der Waals surface area contributed by atoms with Crippen molar-refractivity contribution in [3.05, 3.63) is 44.1 Å². The van der Waals surface area contributed by atoms with Crippen LogP contribution in [0.3, 0.4) is 0 Å². The van der Waals surface area contributed by atoms with Crippen LogP contribution in [-0.2, 0) is 0 Å². The molecule has 4 N–H and O–H groups in total. The van der Waals surface area contributed by atoms with Gasteiger partial charge in [-0.15, -0.1) is 11.3 Å². The lowest BCUT2D eigenvalue weighted by molar-refractivity contribution is 0.104. The molecule has 0 fully saturated rings. The highest BCUT2D eigenvalue weighted by molar-refractivity contribution is 7.20. The first-order valence-electron chi connectivity index (χ1n) is 4.63. The second kappa shape index (κ2) is 4.56. The SMILES string of the molecule is Nc1ccc(C(=O)c2cc(Cl)sc2Cl)c(N)c1. The van der Waals surface area contributed by atoms with Crippen molar-refractivity contribution in [2.24, 2.45) is 0 Å². The summed E-state index contributed by atoms with van der Waals surface area (Å²) < 4.78 is 0.823. The van der Waals surface area contributed by atoms with Gasteiger partial charge in [0.2, 0.25) is 0 Å². The summed E-state index contributed by atoms with van der Waals surface area (Å²) in [5, 5.41) is 0. The number of hydrogen-bond donors (Lipinski definition) is 2. The van der Waals surface area contributed by atoms with Crippen LogP contribution >= 0.6 is 34.5 Å². The number of nitrogen functional groups attached to an aromatic ring is 2. The molecule has 1 heterocycles. The maximum atomic E-state index is 12.2. The number of hydrogen-bond acceptors (Lipinski definition) is 4. The van der Waals surface area contributed by atoms with Crippen molar-refractivity contribution in [2.75, 3.05) is 11.5 Å². The van der Waals surface area contributed by atoms with Crippen LogP contribution < -0.4 is 11.5 Å². The predicted octanol–water partition coefficient (Wildman–Crippen LogP) is 3.45. The van der Waals surface area contributed by atoms with Crippen molar-refractivity contribution in [1.29, 1.82) is 0 Å². The van der Waals surface area contributed by atoms with Crippen LogP contribution in [0.5, 0.6) is 0 Å². The van der Waals surface area contributed by atoms with Crippen LogP contribution in [0.25, 0.3) is 0 Å². The molecule has 0 aliphatic rings. The van der Waals surface area contributed by atoms with E-state index in [2.05, 4.69) is 0 Å². The van der Waals surface area contributed by atoms with Gasteiger partial charge in [-0.2, -0.15) is 0 Å². The summed E-state index contributed by atoms with van der Waals surface area (Å²) >= 11 is 12.9. The van der Waals surface area contributed by atoms with Gasteiger partial charge >= 0.3 is 0 Å². The summed E-state index contributed by atoms with van der Waals surface area (Å²) in [6.07, 6.45) is 0. The molecule has 0 aliphatic carbocycles. The first-order chi connectivity index (χ1) is 7.99. The number of nitrogens with two attached hydrogens (primary N) is 2. The molecule has 0 spiro atoms. The molecule has 88 valence electrons. The smallest absolute Gasteiger partial charge is 0.197 e. The Hall–Kier alpha value is -1.23. The minimum Gasteiger partial charge on any atom is -0.399 e. The lowest BCUT2D eigenvalue weighted by Crippen LogP contribution is -2.05. The van der Waals surface area contributed by atoms with E-state index in [0.717, 1.165) is 11.3 Å². The molecular weight excluding hydrogens is 279 g/mol. The topological polar surface area (TPSA) is 69.1 Å². The van der Waals surface area contributed by atoms with Crippen LogP contribution in [0.4, 0.5) is 11.4 Å². The van der Waals surface area contributed by atoms with Crippen molar-refractivity contribution < 1.29 is 4.79 Å². The fourth-order valence-electron chi connectivity index (χ4n) is 1.43. The average Bonchev–Trinajstić information content (AvgIpc) is 2.57. The highest BCUT2D eigenvalue weighted by atomic mass is 35.5. The van der Waals surface area contributed by atoms with Crippen LogP contribution in [0, 0.1) is 0 Å². The fourth-order valence-corrected chi connectivity index (χ4v) is 2.89. The summed E-state index contributed by atoms with van der Waals surface area (Å²) in [7, 11) is 0. The molecule has 6 heteroatoms. The quantitative estimate of drug-likeness (QED) is 0.656. The number of anilines is 2. The number of rotatable bonds is 2. The highest BCUT2D eigenvalue weighted by Crippen LogP contribution is 2.33. The van der Waals surface area contributed by atoms with E-state index in [4.69, 9.17) is 34.7 Å². The first kappa shape index (κ1) is 12.2. The summed E-state index contributed by atoms with van der Waals surface area (Å²) in [4.78, 5) is 12.2. The summed E-state index contributed by atoms with van der Waals surface area (Å²) in [5.74, 6) is -0.254. The Labute approximate surface area is 112 Å². The predicted molar refractivity (Wildman–Crippen MR) is 73.0 cm³/mol. The number of carbonyl (C=O) groups excluding carboxylic acids is 1. The van der Waals surface area contributed by atoms with Crippen molar-refractivity contribution >= 4 is 51.7 Å². The Morgan fingerprint density at radius 1 is 1.12 bits per heavy atom. The van der Waals surface area contributed by atoms with E-state index in [1.54, 1.807) is 12.1 Å². The zero-order valence-corrected chi connectivity index (χ0v) is 10.9. The molecule has 1 aromatic heterocycles. The van der Waals surface area contributed by atoms with Gasteiger partial charge in [0.1, 0.15) is 4.34 Å². The zero-order valence-electron chi connectivity index (χ0n) is 8.54. The van der Waals surface area contributed by atoms with Crippen molar-refractivity contribution in [1.82, 2.24) is 0 Å². The first-order valence-corrected chi connectivity index (χ1v) is 6.21. The van der Waals surface area contributed by atoms with Crippen LogP contribution in [0.1, 0.15) is 15.9 Å². The van der Waals surface area contributed by atoms with E-state index < -0.39 is 0 Å². The van der Waals surface area contributed by atoms with Crippen LogP contribution in [-0.4, -0.2) is 5.78 Å². The number of halogens is 2. The third kappa shape index (κ3) is 2.39. The van der Waals surface area contributed by atoms with Crippen molar-refractivity contribution in [3.63, 3.8) is 0 Å². The van der Waals surface area contributed by atoms with E-state index in [1.807, 2.05) is 0 Å². The van der Waals surface area contributed by atoms with Crippen molar-refractivity contribution in [2.45, 2.75) is 0 Å². The third-order valence-electron chi connectivity index (χ3n) is 2.22. The molecule has 0 unspecified atom stereocenters. The van der Waals surface area contributed by atoms with Gasteiger partial charge in [-0.25, -0.2) is 0 Å². The van der Waals surface area contributed by atoms with Crippen LogP contribution in [0.15, 0.2) is 24.3 Å². The highest BCUT2D eigenvalue weighted by Gasteiger charge is 2.18. The monoisotopic (exact) mass is 286 g/mol. The van der Waals surface area contributed by atoms with E-state index in [1.165, 1.54) is 12.1 Å². The molecule has 2 rings (SSSR count). The molecule has 0 saturated heterocycles. The largest absolute Gasteiger partial charge is 0.399 e. The molecule has 0 saturated carbocycles. The third-order valence-corrected chi connectivity index (χ3v) is 3.71. The Morgan fingerprint density at radius 3 is 2.35 bits per heavy atom. The Balaban J connectivity index is 2.47. The fraction of sp³-hybridized carbons (Fsp3) is 0. The Bertz CT molecular complexity index is 595. The van der Waals surface area contributed by atoms with Gasteiger partial charge in [-0.3, -0.25) is 4.79 Å². The Kier molecular flexibility index (Phi) is 3.28. The van der Waals surface area contributed by atoms with E-state index >= 15 is 0 Å². The number of benzene rings is 1. The summed E-state index contributed by atoms with van der Waals surface area (Å²) in [6.45, 7) is 0. The van der Waals surface area contributed by atoms with Crippen LogP contribution in [0.2, 0.25) is 8.67 Å². The van der Waals surface area contributed by atoms with Gasteiger partial charge in [0, 0.05) is 16.9 Å². The van der Waals surface area contributed by atoms with E-state index in [0.29, 0.717) is 31.2 Å². The summed E-state index contributed by atoms with van der Waals surface area (Å²) in [6, 6.07) is 6.27. The molecule has 17 heavy (non-hydrogen) atoms. The van der Waals surface area contributed by atoms with Gasteiger partial charge in [0.05, 0.1) is 9.90 Å². The molecule has 0 atom stereocenters. The Morgan fingerprint density at radius 2 is 1.82 bits per heavy atom. The van der Waals surface area contributed by atoms with Gasteiger partial charge in [-0.05, 0) is 24.3 Å². The summed E-state index contributed by atoms with van der Waals surface area (Å²) in [5.41, 5.74) is 12.9. The lowest BCUT2D eigenvalue weighted by Gasteiger charge is -2.04. The molecule has 1 aromatic carbocycles. The lowest BCUT2D eigenvalue weighted by atomic mass is 10.0. The maximum absolute atomic E-state index is 12.2. The second-order valence-corrected chi connectivity index (χ2v) is 5.70. The molecule has 0 aliphatic heterocycles. The minimum atomic E-state index is -0.254. The van der Waals surface area contributed by atoms with Gasteiger partial charge in [-0.1, -0.05) is 23.2 Å². The molecule has 3 nitrogen and oxygen atoms in total. The molecule has 0 bridgehead atoms. The molecule has 0 amide bonds.